The van der Waals surface area contributed by atoms with Gasteiger partial charge in [0.1, 0.15) is 5.76 Å². The van der Waals surface area contributed by atoms with E-state index in [2.05, 4.69) is 5.32 Å². The lowest BCUT2D eigenvalue weighted by Crippen LogP contribution is -2.12. The Morgan fingerprint density at radius 3 is 3.06 bits per heavy atom. The third kappa shape index (κ3) is 4.68. The molecule has 0 aliphatic heterocycles. The van der Waals surface area contributed by atoms with E-state index in [-0.39, 0.29) is 5.97 Å². The number of furan rings is 1. The second-order valence-electron chi connectivity index (χ2n) is 3.43. The van der Waals surface area contributed by atoms with Crippen LogP contribution in [0.15, 0.2) is 34.6 Å². The van der Waals surface area contributed by atoms with Crippen molar-refractivity contribution < 1.29 is 13.9 Å². The Balaban J connectivity index is 2.30. The van der Waals surface area contributed by atoms with Gasteiger partial charge in [0.05, 0.1) is 19.4 Å². The summed E-state index contributed by atoms with van der Waals surface area (Å²) in [5, 5.41) is 3.06. The van der Waals surface area contributed by atoms with Crippen LogP contribution in [0.3, 0.4) is 0 Å². The van der Waals surface area contributed by atoms with Gasteiger partial charge in [0.15, 0.2) is 0 Å². The van der Waals surface area contributed by atoms with Gasteiger partial charge in [0.2, 0.25) is 0 Å². The highest BCUT2D eigenvalue weighted by Gasteiger charge is 1.99. The van der Waals surface area contributed by atoms with Gasteiger partial charge in [-0.25, -0.2) is 4.79 Å². The average Bonchev–Trinajstić information content (AvgIpc) is 2.76. The van der Waals surface area contributed by atoms with Crippen LogP contribution < -0.4 is 5.32 Å². The molecule has 0 atom stereocenters. The summed E-state index contributed by atoms with van der Waals surface area (Å²) in [4.78, 5) is 11.2. The molecule has 1 N–H and O–H groups in total. The van der Waals surface area contributed by atoms with E-state index in [1.165, 1.54) is 6.08 Å². The number of carbonyl (C=O) groups is 1. The van der Waals surface area contributed by atoms with Crippen LogP contribution in [0.5, 0.6) is 0 Å². The summed E-state index contributed by atoms with van der Waals surface area (Å²) in [5.74, 6) is 0.515. The molecule has 0 aliphatic carbocycles. The topological polar surface area (TPSA) is 51.5 Å². The molecule has 0 fully saturated rings. The average molecular weight is 223 g/mol. The number of esters is 1. The lowest BCUT2D eigenvalue weighted by molar-refractivity contribution is -0.137. The summed E-state index contributed by atoms with van der Waals surface area (Å²) in [6, 6.07) is 3.70. The van der Waals surface area contributed by atoms with Gasteiger partial charge in [0, 0.05) is 11.8 Å². The van der Waals surface area contributed by atoms with Crippen molar-refractivity contribution >= 4 is 5.97 Å². The summed E-state index contributed by atoms with van der Waals surface area (Å²) >= 11 is 0. The van der Waals surface area contributed by atoms with Crippen LogP contribution in [0.4, 0.5) is 0 Å². The molecule has 1 aromatic rings. The van der Waals surface area contributed by atoms with Crippen molar-refractivity contribution in [3.05, 3.63) is 35.9 Å². The third-order valence-electron chi connectivity index (χ3n) is 1.90. The second-order valence-corrected chi connectivity index (χ2v) is 3.43. The molecule has 0 unspecified atom stereocenters. The van der Waals surface area contributed by atoms with Gasteiger partial charge in [-0.1, -0.05) is 6.92 Å². The molecule has 0 spiro atoms. The van der Waals surface area contributed by atoms with Gasteiger partial charge in [-0.2, -0.15) is 0 Å². The van der Waals surface area contributed by atoms with Gasteiger partial charge >= 0.3 is 5.97 Å². The number of hydrogen-bond acceptors (Lipinski definition) is 4. The first-order valence-electron chi connectivity index (χ1n) is 5.33. The van der Waals surface area contributed by atoms with Crippen molar-refractivity contribution in [1.82, 2.24) is 5.32 Å². The number of rotatable bonds is 6. The standard InChI is InChI=1S/C12H17NO3/c1-3-6-16-12(14)8-10(2)13-9-11-5-4-7-15-11/h4-5,7-8,13H,3,6,9H2,1-2H3. The van der Waals surface area contributed by atoms with E-state index in [0.717, 1.165) is 17.9 Å². The van der Waals surface area contributed by atoms with Gasteiger partial charge in [0.25, 0.3) is 0 Å². The summed E-state index contributed by atoms with van der Waals surface area (Å²) in [6.07, 6.45) is 3.89. The molecule has 16 heavy (non-hydrogen) atoms. The van der Waals surface area contributed by atoms with E-state index in [4.69, 9.17) is 9.15 Å². The monoisotopic (exact) mass is 223 g/mol. The molecule has 0 saturated carbocycles. The predicted molar refractivity (Wildman–Crippen MR) is 60.6 cm³/mol. The maximum atomic E-state index is 11.2. The Kier molecular flexibility index (Phi) is 5.19. The fourth-order valence-electron chi connectivity index (χ4n) is 1.11. The van der Waals surface area contributed by atoms with Crippen LogP contribution in [-0.2, 0) is 16.1 Å². The van der Waals surface area contributed by atoms with Crippen molar-refractivity contribution in [2.24, 2.45) is 0 Å². The summed E-state index contributed by atoms with van der Waals surface area (Å²) in [7, 11) is 0. The Bertz CT molecular complexity index is 341. The minimum atomic E-state index is -0.314. The Morgan fingerprint density at radius 2 is 2.44 bits per heavy atom. The van der Waals surface area contributed by atoms with E-state index in [1.54, 1.807) is 6.26 Å². The first-order valence-corrected chi connectivity index (χ1v) is 5.33. The molecule has 0 saturated heterocycles. The molecular formula is C12H17NO3. The Morgan fingerprint density at radius 1 is 1.62 bits per heavy atom. The van der Waals surface area contributed by atoms with Crippen LogP contribution in [0.2, 0.25) is 0 Å². The highest BCUT2D eigenvalue weighted by molar-refractivity contribution is 5.82. The molecule has 0 bridgehead atoms. The molecule has 4 heteroatoms. The quantitative estimate of drug-likeness (QED) is 0.593. The van der Waals surface area contributed by atoms with Gasteiger partial charge in [-0.3, -0.25) is 0 Å². The SMILES string of the molecule is CCCOC(=O)C=C(C)NCc1ccco1. The second kappa shape index (κ2) is 6.71. The van der Waals surface area contributed by atoms with Crippen LogP contribution in [0.25, 0.3) is 0 Å². The maximum Gasteiger partial charge on any atom is 0.332 e. The van der Waals surface area contributed by atoms with Crippen molar-refractivity contribution in [2.75, 3.05) is 6.61 Å². The number of hydrogen-bond donors (Lipinski definition) is 1. The van der Waals surface area contributed by atoms with E-state index in [9.17, 15) is 4.79 Å². The molecule has 0 aromatic carbocycles. The predicted octanol–water partition coefficient (Wildman–Crippen LogP) is 2.23. The van der Waals surface area contributed by atoms with Gasteiger partial charge in [-0.05, 0) is 25.5 Å². The highest BCUT2D eigenvalue weighted by atomic mass is 16.5. The molecule has 4 nitrogen and oxygen atoms in total. The normalized spacial score (nSPS) is 11.2. The number of carbonyl (C=O) groups excluding carboxylic acids is 1. The van der Waals surface area contributed by atoms with Crippen molar-refractivity contribution in [1.29, 1.82) is 0 Å². The molecule has 0 radical (unpaired) electrons. The fraction of sp³-hybridized carbons (Fsp3) is 0.417. The lowest BCUT2D eigenvalue weighted by atomic mass is 10.4. The Labute approximate surface area is 95.3 Å². The maximum absolute atomic E-state index is 11.2. The molecule has 0 amide bonds. The molecule has 1 rings (SSSR count). The van der Waals surface area contributed by atoms with Gasteiger partial charge < -0.3 is 14.5 Å². The molecule has 88 valence electrons. The highest BCUT2D eigenvalue weighted by Crippen LogP contribution is 2.00. The Hall–Kier alpha value is -1.71. The van der Waals surface area contributed by atoms with Crippen LogP contribution >= 0.6 is 0 Å². The molecule has 1 heterocycles. The summed E-state index contributed by atoms with van der Waals surface area (Å²) in [6.45, 7) is 4.80. The molecule has 1 aromatic heterocycles. The first-order chi connectivity index (χ1) is 7.72. The fourth-order valence-corrected chi connectivity index (χ4v) is 1.11. The van der Waals surface area contributed by atoms with E-state index >= 15 is 0 Å². The van der Waals surface area contributed by atoms with E-state index < -0.39 is 0 Å². The summed E-state index contributed by atoms with van der Waals surface area (Å²) < 4.78 is 10.1. The number of ether oxygens (including phenoxy) is 1. The molecule has 0 aliphatic rings. The van der Waals surface area contributed by atoms with Gasteiger partial charge in [-0.15, -0.1) is 0 Å². The van der Waals surface area contributed by atoms with E-state index in [1.807, 2.05) is 26.0 Å². The minimum absolute atomic E-state index is 0.314. The van der Waals surface area contributed by atoms with Crippen LogP contribution in [-0.4, -0.2) is 12.6 Å². The summed E-state index contributed by atoms with van der Waals surface area (Å²) in [5.41, 5.74) is 0.762. The van der Waals surface area contributed by atoms with Crippen LogP contribution in [0, 0.1) is 0 Å². The third-order valence-corrected chi connectivity index (χ3v) is 1.90. The minimum Gasteiger partial charge on any atom is -0.467 e. The molecular weight excluding hydrogens is 206 g/mol. The van der Waals surface area contributed by atoms with Crippen LogP contribution in [0.1, 0.15) is 26.0 Å². The zero-order chi connectivity index (χ0) is 11.8. The zero-order valence-electron chi connectivity index (χ0n) is 9.66. The van der Waals surface area contributed by atoms with Crippen molar-refractivity contribution in [3.63, 3.8) is 0 Å². The first kappa shape index (κ1) is 12.4. The smallest absolute Gasteiger partial charge is 0.332 e. The zero-order valence-corrected chi connectivity index (χ0v) is 9.66. The number of nitrogens with one attached hydrogen (secondary N) is 1. The largest absolute Gasteiger partial charge is 0.467 e. The van der Waals surface area contributed by atoms with E-state index in [0.29, 0.717) is 13.2 Å². The number of allylic oxidation sites excluding steroid dienone is 1. The van der Waals surface area contributed by atoms with Crippen molar-refractivity contribution in [3.8, 4) is 0 Å². The van der Waals surface area contributed by atoms with Crippen molar-refractivity contribution in [2.45, 2.75) is 26.8 Å². The lowest BCUT2D eigenvalue weighted by Gasteiger charge is -2.04.